The van der Waals surface area contributed by atoms with E-state index >= 15 is 0 Å². The molecule has 1 N–H and O–H groups in total. The Kier molecular flexibility index (Phi) is 9.27. The van der Waals surface area contributed by atoms with E-state index in [4.69, 9.17) is 5.11 Å². The maximum Gasteiger partial charge on any atom is 0.222 e. The van der Waals surface area contributed by atoms with Crippen LogP contribution in [-0.4, -0.2) is 60.1 Å². The molecule has 6 heteroatoms. The standard InChI is InChI=1S/C16H26N3O2.BrH/c20-15-14-18-10-12-19(13-11-18)16(21)6-2-5-9-17-7-3-1-4-8-17;/h1,3-4,7-8,20H,2,5-6,9-15H2;1H/q+1;/p-1. The molecule has 1 aromatic heterocycles. The third-order valence-electron chi connectivity index (χ3n) is 3.98. The Balaban J connectivity index is 0.00000242. The lowest BCUT2D eigenvalue weighted by atomic mass is 10.2. The molecule has 1 fully saturated rings. The van der Waals surface area contributed by atoms with Crippen LogP contribution in [0.15, 0.2) is 30.6 Å². The molecule has 0 bridgehead atoms. The average Bonchev–Trinajstić information content (AvgIpc) is 2.53. The minimum absolute atomic E-state index is 0. The van der Waals surface area contributed by atoms with E-state index in [9.17, 15) is 4.79 Å². The number of amides is 1. The Morgan fingerprint density at radius 1 is 1.05 bits per heavy atom. The van der Waals surface area contributed by atoms with Gasteiger partial charge in [0.05, 0.1) is 6.61 Å². The molecule has 0 spiro atoms. The van der Waals surface area contributed by atoms with Crippen molar-refractivity contribution in [2.75, 3.05) is 39.3 Å². The van der Waals surface area contributed by atoms with Crippen molar-refractivity contribution in [1.29, 1.82) is 0 Å². The number of β-amino-alcohol motifs (C(OH)–C–C–N with tert-alkyl or cyclic N) is 1. The first-order valence-corrected chi connectivity index (χ1v) is 7.84. The SMILES string of the molecule is O=C(CCCC[n+]1ccccc1)N1CCN(CCO)CC1.[Br-]. The van der Waals surface area contributed by atoms with Crippen molar-refractivity contribution in [3.05, 3.63) is 30.6 Å². The maximum absolute atomic E-state index is 12.1. The average molecular weight is 372 g/mol. The number of piperazine rings is 1. The highest BCUT2D eigenvalue weighted by molar-refractivity contribution is 5.76. The molecule has 1 aliphatic heterocycles. The van der Waals surface area contributed by atoms with E-state index in [1.165, 1.54) is 0 Å². The molecule has 0 aromatic carbocycles. The van der Waals surface area contributed by atoms with Crippen molar-refractivity contribution < 1.29 is 31.4 Å². The zero-order valence-corrected chi connectivity index (χ0v) is 14.6. The molecule has 0 saturated carbocycles. The predicted molar refractivity (Wildman–Crippen MR) is 80.6 cm³/mol. The molecule has 2 rings (SSSR count). The number of carbonyl (C=O) groups excluding carboxylic acids is 1. The molecule has 0 aliphatic carbocycles. The molecule has 2 heterocycles. The van der Waals surface area contributed by atoms with Gasteiger partial charge in [-0.05, 0) is 6.42 Å². The molecule has 1 amide bonds. The first-order valence-electron chi connectivity index (χ1n) is 7.84. The van der Waals surface area contributed by atoms with Gasteiger partial charge in [-0.25, -0.2) is 4.57 Å². The summed E-state index contributed by atoms with van der Waals surface area (Å²) in [4.78, 5) is 16.3. The van der Waals surface area contributed by atoms with Crippen LogP contribution >= 0.6 is 0 Å². The number of pyridine rings is 1. The molecule has 1 aliphatic rings. The first kappa shape index (κ1) is 19.1. The summed E-state index contributed by atoms with van der Waals surface area (Å²) in [5.41, 5.74) is 0. The van der Waals surface area contributed by atoms with Crippen molar-refractivity contribution in [3.63, 3.8) is 0 Å². The lowest BCUT2D eigenvalue weighted by Crippen LogP contribution is -3.00. The van der Waals surface area contributed by atoms with Gasteiger partial charge in [-0.2, -0.15) is 0 Å². The summed E-state index contributed by atoms with van der Waals surface area (Å²) in [7, 11) is 0. The zero-order valence-electron chi connectivity index (χ0n) is 13.0. The Morgan fingerprint density at radius 3 is 2.36 bits per heavy atom. The van der Waals surface area contributed by atoms with Gasteiger partial charge in [-0.15, -0.1) is 0 Å². The van der Waals surface area contributed by atoms with E-state index in [0.29, 0.717) is 6.42 Å². The van der Waals surface area contributed by atoms with Crippen LogP contribution in [0, 0.1) is 0 Å². The molecule has 1 saturated heterocycles. The Bertz CT molecular complexity index is 423. The van der Waals surface area contributed by atoms with E-state index in [1.54, 1.807) is 0 Å². The summed E-state index contributed by atoms with van der Waals surface area (Å²) in [5, 5.41) is 8.91. The van der Waals surface area contributed by atoms with Gasteiger partial charge in [-0.1, -0.05) is 6.07 Å². The number of nitrogens with zero attached hydrogens (tertiary/aromatic N) is 3. The van der Waals surface area contributed by atoms with Gasteiger partial charge in [0.25, 0.3) is 0 Å². The van der Waals surface area contributed by atoms with Crippen molar-refractivity contribution in [2.24, 2.45) is 0 Å². The summed E-state index contributed by atoms with van der Waals surface area (Å²) in [5.74, 6) is 0.275. The predicted octanol–water partition coefficient (Wildman–Crippen LogP) is -2.72. The number of aliphatic hydroxyl groups excluding tert-OH is 1. The van der Waals surface area contributed by atoms with Crippen molar-refractivity contribution in [1.82, 2.24) is 9.80 Å². The highest BCUT2D eigenvalue weighted by Crippen LogP contribution is 2.06. The van der Waals surface area contributed by atoms with Gasteiger partial charge in [0.1, 0.15) is 6.54 Å². The van der Waals surface area contributed by atoms with Gasteiger partial charge >= 0.3 is 0 Å². The molecule has 124 valence electrons. The monoisotopic (exact) mass is 371 g/mol. The normalized spacial score (nSPS) is 15.4. The fourth-order valence-electron chi connectivity index (χ4n) is 2.67. The quantitative estimate of drug-likeness (QED) is 0.418. The lowest BCUT2D eigenvalue weighted by molar-refractivity contribution is -0.697. The largest absolute Gasteiger partial charge is 1.00 e. The van der Waals surface area contributed by atoms with E-state index in [-0.39, 0.29) is 29.5 Å². The van der Waals surface area contributed by atoms with Crippen LogP contribution in [-0.2, 0) is 11.3 Å². The molecule has 5 nitrogen and oxygen atoms in total. The van der Waals surface area contributed by atoms with Crippen LogP contribution in [0.2, 0.25) is 0 Å². The number of unbranched alkanes of at least 4 members (excludes halogenated alkanes) is 1. The molecule has 1 aromatic rings. The lowest BCUT2D eigenvalue weighted by Gasteiger charge is -2.34. The second kappa shape index (κ2) is 10.7. The summed E-state index contributed by atoms with van der Waals surface area (Å²) >= 11 is 0. The van der Waals surface area contributed by atoms with Gasteiger partial charge in [0.15, 0.2) is 12.4 Å². The highest BCUT2D eigenvalue weighted by atomic mass is 79.9. The second-order valence-corrected chi connectivity index (χ2v) is 5.52. The van der Waals surface area contributed by atoms with Crippen molar-refractivity contribution in [2.45, 2.75) is 25.8 Å². The Morgan fingerprint density at radius 2 is 1.73 bits per heavy atom. The number of rotatable bonds is 7. The molecule has 22 heavy (non-hydrogen) atoms. The zero-order chi connectivity index (χ0) is 14.9. The molecular weight excluding hydrogens is 346 g/mol. The smallest absolute Gasteiger partial charge is 0.222 e. The van der Waals surface area contributed by atoms with E-state index < -0.39 is 0 Å². The van der Waals surface area contributed by atoms with Gasteiger partial charge < -0.3 is 27.0 Å². The summed E-state index contributed by atoms with van der Waals surface area (Å²) in [6.07, 6.45) is 6.74. The van der Waals surface area contributed by atoms with Crippen molar-refractivity contribution >= 4 is 5.91 Å². The number of carbonyl (C=O) groups is 1. The van der Waals surface area contributed by atoms with Gasteiger partial charge in [0, 0.05) is 57.7 Å². The summed E-state index contributed by atoms with van der Waals surface area (Å²) in [6.45, 7) is 5.25. The number of aliphatic hydroxyl groups is 1. The third kappa shape index (κ3) is 6.42. The van der Waals surface area contributed by atoms with Crippen LogP contribution in [0.1, 0.15) is 19.3 Å². The Labute approximate surface area is 143 Å². The van der Waals surface area contributed by atoms with Gasteiger partial charge in [0.2, 0.25) is 5.91 Å². The Hall–Kier alpha value is -0.980. The minimum atomic E-state index is 0. The van der Waals surface area contributed by atoms with E-state index in [0.717, 1.165) is 52.1 Å². The first-order chi connectivity index (χ1) is 10.3. The van der Waals surface area contributed by atoms with Crippen LogP contribution < -0.4 is 21.5 Å². The fourth-order valence-corrected chi connectivity index (χ4v) is 2.67. The van der Waals surface area contributed by atoms with E-state index in [2.05, 4.69) is 21.9 Å². The van der Waals surface area contributed by atoms with E-state index in [1.807, 2.05) is 23.1 Å². The second-order valence-electron chi connectivity index (χ2n) is 5.52. The molecule has 0 atom stereocenters. The highest BCUT2D eigenvalue weighted by Gasteiger charge is 2.20. The fraction of sp³-hybridized carbons (Fsp3) is 0.625. The minimum Gasteiger partial charge on any atom is -1.00 e. The maximum atomic E-state index is 12.1. The van der Waals surface area contributed by atoms with Crippen LogP contribution in [0.4, 0.5) is 0 Å². The third-order valence-corrected chi connectivity index (χ3v) is 3.98. The van der Waals surface area contributed by atoms with Crippen LogP contribution in [0.25, 0.3) is 0 Å². The number of hydrogen-bond donors (Lipinski definition) is 1. The summed E-state index contributed by atoms with van der Waals surface area (Å²) in [6, 6.07) is 6.06. The van der Waals surface area contributed by atoms with Crippen LogP contribution in [0.3, 0.4) is 0 Å². The van der Waals surface area contributed by atoms with Crippen LogP contribution in [0.5, 0.6) is 0 Å². The van der Waals surface area contributed by atoms with Gasteiger partial charge in [-0.3, -0.25) is 9.69 Å². The molecule has 0 radical (unpaired) electrons. The number of hydrogen-bond acceptors (Lipinski definition) is 3. The van der Waals surface area contributed by atoms with Crippen molar-refractivity contribution in [3.8, 4) is 0 Å². The number of aryl methyl sites for hydroxylation is 1. The number of aromatic nitrogens is 1. The molecular formula is C16H26BrN3O2. The topological polar surface area (TPSA) is 47.7 Å². The number of halogens is 1. The molecule has 0 unspecified atom stereocenters. The summed E-state index contributed by atoms with van der Waals surface area (Å²) < 4.78 is 2.15.